The third-order valence-electron chi connectivity index (χ3n) is 3.51. The minimum atomic E-state index is -0.134. The molecule has 1 atom stereocenters. The molecule has 1 aromatic carbocycles. The van der Waals surface area contributed by atoms with Gasteiger partial charge in [0.1, 0.15) is 6.10 Å². The fourth-order valence-corrected chi connectivity index (χ4v) is 2.34. The first-order valence-electron chi connectivity index (χ1n) is 8.07. The summed E-state index contributed by atoms with van der Waals surface area (Å²) < 4.78 is 13.0. The highest BCUT2D eigenvalue weighted by molar-refractivity contribution is 5.69. The Balaban J connectivity index is 1.80. The maximum Gasteiger partial charge on any atom is 0.305 e. The van der Waals surface area contributed by atoms with Crippen molar-refractivity contribution in [1.82, 2.24) is 9.55 Å². The maximum absolute atomic E-state index is 11.3. The molecule has 0 radical (unpaired) electrons. The summed E-state index contributed by atoms with van der Waals surface area (Å²) in [6, 6.07) is 10.2. The highest BCUT2D eigenvalue weighted by Gasteiger charge is 2.12. The average Bonchev–Trinajstić information content (AvgIpc) is 3.07. The van der Waals surface area contributed by atoms with Crippen LogP contribution in [0.1, 0.15) is 37.9 Å². The first kappa shape index (κ1) is 17.2. The summed E-state index contributed by atoms with van der Waals surface area (Å²) in [6.45, 7) is 3.60. The Morgan fingerprint density at radius 2 is 2.09 bits per heavy atom. The second kappa shape index (κ2) is 9.79. The smallest absolute Gasteiger partial charge is 0.305 e. The van der Waals surface area contributed by atoms with Crippen LogP contribution in [0.4, 0.5) is 0 Å². The molecule has 0 aliphatic heterocycles. The lowest BCUT2D eigenvalue weighted by atomic mass is 10.1. The number of benzene rings is 1. The number of carbonyl (C=O) groups is 1. The van der Waals surface area contributed by atoms with Gasteiger partial charge in [-0.1, -0.05) is 30.3 Å². The third-order valence-corrected chi connectivity index (χ3v) is 3.51. The van der Waals surface area contributed by atoms with Crippen molar-refractivity contribution < 1.29 is 14.3 Å². The van der Waals surface area contributed by atoms with E-state index in [1.165, 1.54) is 0 Å². The molecule has 2 aromatic rings. The molecule has 0 spiro atoms. The van der Waals surface area contributed by atoms with Gasteiger partial charge in [0, 0.05) is 25.4 Å². The topological polar surface area (TPSA) is 53.4 Å². The summed E-state index contributed by atoms with van der Waals surface area (Å²) in [5.74, 6) is -0.134. The molecule has 2 rings (SSSR count). The van der Waals surface area contributed by atoms with Crippen LogP contribution < -0.4 is 0 Å². The number of esters is 1. The van der Waals surface area contributed by atoms with E-state index in [-0.39, 0.29) is 12.1 Å². The molecule has 1 unspecified atom stereocenters. The molecule has 124 valence electrons. The van der Waals surface area contributed by atoms with Crippen molar-refractivity contribution in [2.75, 3.05) is 13.2 Å². The van der Waals surface area contributed by atoms with Crippen LogP contribution in [0.5, 0.6) is 0 Å². The van der Waals surface area contributed by atoms with Gasteiger partial charge in [0.25, 0.3) is 0 Å². The van der Waals surface area contributed by atoms with E-state index in [4.69, 9.17) is 9.47 Å². The first-order chi connectivity index (χ1) is 11.3. The quantitative estimate of drug-likeness (QED) is 0.498. The molecular formula is C18H24N2O3. The summed E-state index contributed by atoms with van der Waals surface area (Å²) >= 11 is 0. The zero-order valence-electron chi connectivity index (χ0n) is 13.6. The second-order valence-electron chi connectivity index (χ2n) is 5.29. The van der Waals surface area contributed by atoms with Crippen molar-refractivity contribution in [3.8, 4) is 0 Å². The third kappa shape index (κ3) is 6.24. The molecule has 0 saturated heterocycles. The van der Waals surface area contributed by atoms with Crippen LogP contribution in [0, 0.1) is 0 Å². The zero-order chi connectivity index (χ0) is 16.3. The lowest BCUT2D eigenvalue weighted by molar-refractivity contribution is -0.143. The van der Waals surface area contributed by atoms with E-state index in [1.54, 1.807) is 12.5 Å². The van der Waals surface area contributed by atoms with E-state index < -0.39 is 0 Å². The second-order valence-corrected chi connectivity index (χ2v) is 5.29. The number of aromatic nitrogens is 2. The van der Waals surface area contributed by atoms with Crippen molar-refractivity contribution >= 4 is 5.97 Å². The Bertz CT molecular complexity index is 555. The highest BCUT2D eigenvalue weighted by atomic mass is 16.5. The summed E-state index contributed by atoms with van der Waals surface area (Å²) in [5.41, 5.74) is 1.14. The highest BCUT2D eigenvalue weighted by Crippen LogP contribution is 2.20. The van der Waals surface area contributed by atoms with E-state index in [0.29, 0.717) is 19.6 Å². The first-order valence-corrected chi connectivity index (χ1v) is 8.07. The van der Waals surface area contributed by atoms with Crippen LogP contribution in [0.25, 0.3) is 0 Å². The minimum absolute atomic E-state index is 0.0204. The van der Waals surface area contributed by atoms with Crippen molar-refractivity contribution in [2.45, 2.75) is 38.8 Å². The molecule has 0 N–H and O–H groups in total. The van der Waals surface area contributed by atoms with Crippen LogP contribution in [0.15, 0.2) is 49.1 Å². The standard InChI is InChI=1S/C18H24N2O3/c1-2-22-18(21)10-6-7-13-23-17(14-20-12-11-19-15-20)16-8-4-3-5-9-16/h3-5,8-9,11-12,15,17H,2,6-7,10,13-14H2,1H3. The van der Waals surface area contributed by atoms with E-state index in [1.807, 2.05) is 35.9 Å². The van der Waals surface area contributed by atoms with E-state index in [2.05, 4.69) is 17.1 Å². The molecule has 0 aliphatic carbocycles. The van der Waals surface area contributed by atoms with Crippen molar-refractivity contribution in [2.24, 2.45) is 0 Å². The van der Waals surface area contributed by atoms with Gasteiger partial charge in [-0.05, 0) is 25.3 Å². The number of rotatable bonds is 10. The molecule has 5 heteroatoms. The van der Waals surface area contributed by atoms with Gasteiger partial charge in [0.2, 0.25) is 0 Å². The molecule has 1 aromatic heterocycles. The van der Waals surface area contributed by atoms with E-state index >= 15 is 0 Å². The summed E-state index contributed by atoms with van der Waals surface area (Å²) in [5, 5.41) is 0. The fraction of sp³-hybridized carbons (Fsp3) is 0.444. The van der Waals surface area contributed by atoms with Gasteiger partial charge in [-0.25, -0.2) is 4.98 Å². The minimum Gasteiger partial charge on any atom is -0.466 e. The van der Waals surface area contributed by atoms with Crippen LogP contribution in [0.2, 0.25) is 0 Å². The predicted molar refractivity (Wildman–Crippen MR) is 87.8 cm³/mol. The summed E-state index contributed by atoms with van der Waals surface area (Å²) in [6.07, 6.45) is 7.54. The molecule has 0 bridgehead atoms. The molecule has 5 nitrogen and oxygen atoms in total. The molecule has 0 amide bonds. The van der Waals surface area contributed by atoms with Crippen LogP contribution >= 0.6 is 0 Å². The van der Waals surface area contributed by atoms with E-state index in [0.717, 1.165) is 24.9 Å². The molecule has 0 fully saturated rings. The number of ether oxygens (including phenoxy) is 2. The Morgan fingerprint density at radius 1 is 1.26 bits per heavy atom. The number of carbonyl (C=O) groups excluding carboxylic acids is 1. The zero-order valence-corrected chi connectivity index (χ0v) is 13.6. The number of unbranched alkanes of at least 4 members (excludes halogenated alkanes) is 1. The number of imidazole rings is 1. The Hall–Kier alpha value is -2.14. The average molecular weight is 316 g/mol. The Kier molecular flexibility index (Phi) is 7.33. The number of hydrogen-bond acceptors (Lipinski definition) is 4. The maximum atomic E-state index is 11.3. The van der Waals surface area contributed by atoms with Crippen LogP contribution in [-0.2, 0) is 20.8 Å². The van der Waals surface area contributed by atoms with Gasteiger partial charge in [-0.3, -0.25) is 4.79 Å². The van der Waals surface area contributed by atoms with Crippen molar-refractivity contribution in [3.63, 3.8) is 0 Å². The summed E-state index contributed by atoms with van der Waals surface area (Å²) in [4.78, 5) is 15.4. The molecule has 0 saturated carbocycles. The fourth-order valence-electron chi connectivity index (χ4n) is 2.34. The van der Waals surface area contributed by atoms with Gasteiger partial charge < -0.3 is 14.0 Å². The SMILES string of the molecule is CCOC(=O)CCCCOC(Cn1ccnc1)c1ccccc1. The summed E-state index contributed by atoms with van der Waals surface area (Å²) in [7, 11) is 0. The largest absolute Gasteiger partial charge is 0.466 e. The van der Waals surface area contributed by atoms with Gasteiger partial charge >= 0.3 is 5.97 Å². The van der Waals surface area contributed by atoms with Gasteiger partial charge in [0.05, 0.1) is 19.5 Å². The van der Waals surface area contributed by atoms with Gasteiger partial charge in [-0.15, -0.1) is 0 Å². The Morgan fingerprint density at radius 3 is 2.78 bits per heavy atom. The number of hydrogen-bond donors (Lipinski definition) is 0. The predicted octanol–water partition coefficient (Wildman–Crippen LogP) is 3.37. The molecule has 23 heavy (non-hydrogen) atoms. The van der Waals surface area contributed by atoms with Gasteiger partial charge in [-0.2, -0.15) is 0 Å². The molecule has 0 aliphatic rings. The molecular weight excluding hydrogens is 292 g/mol. The lowest BCUT2D eigenvalue weighted by Gasteiger charge is -2.19. The normalized spacial score (nSPS) is 12.0. The number of nitrogens with zero attached hydrogens (tertiary/aromatic N) is 2. The monoisotopic (exact) mass is 316 g/mol. The Labute approximate surface area is 137 Å². The van der Waals surface area contributed by atoms with E-state index in [9.17, 15) is 4.79 Å². The van der Waals surface area contributed by atoms with Crippen molar-refractivity contribution in [1.29, 1.82) is 0 Å². The molecule has 1 heterocycles. The lowest BCUT2D eigenvalue weighted by Crippen LogP contribution is -2.13. The van der Waals surface area contributed by atoms with Crippen LogP contribution in [-0.4, -0.2) is 28.7 Å². The van der Waals surface area contributed by atoms with Crippen molar-refractivity contribution in [3.05, 3.63) is 54.6 Å². The van der Waals surface area contributed by atoms with Crippen LogP contribution in [0.3, 0.4) is 0 Å². The van der Waals surface area contributed by atoms with Gasteiger partial charge in [0.15, 0.2) is 0 Å².